The number of nitrogens with zero attached hydrogens (tertiary/aromatic N) is 3. The Morgan fingerprint density at radius 2 is 1.88 bits per heavy atom. The van der Waals surface area contributed by atoms with Crippen LogP contribution in [0.15, 0.2) is 92.2 Å². The van der Waals surface area contributed by atoms with Gasteiger partial charge in [0.05, 0.1) is 34.4 Å². The number of nitro groups is 1. The van der Waals surface area contributed by atoms with Crippen LogP contribution >= 0.6 is 34.5 Å². The van der Waals surface area contributed by atoms with Crippen molar-refractivity contribution in [2.75, 3.05) is 13.7 Å². The van der Waals surface area contributed by atoms with Gasteiger partial charge in [-0.3, -0.25) is 19.5 Å². The quantitative estimate of drug-likeness (QED) is 0.0838. The monoisotopic (exact) mass is 733 g/mol. The highest BCUT2D eigenvalue weighted by Gasteiger charge is 2.35. The zero-order valence-corrected chi connectivity index (χ0v) is 29.5. The van der Waals surface area contributed by atoms with Crippen LogP contribution in [0.3, 0.4) is 0 Å². The van der Waals surface area contributed by atoms with Crippen molar-refractivity contribution in [2.45, 2.75) is 33.4 Å². The first-order valence-electron chi connectivity index (χ1n) is 15.3. The van der Waals surface area contributed by atoms with Crippen LogP contribution in [0, 0.1) is 17.0 Å². The molecule has 11 nitrogen and oxygen atoms in total. The largest absolute Gasteiger partial charge is 0.493 e. The van der Waals surface area contributed by atoms with Crippen molar-refractivity contribution in [1.29, 1.82) is 0 Å². The number of thiazole rings is 1. The lowest BCUT2D eigenvalue weighted by Crippen LogP contribution is -2.39. The number of carbonyl (C=O) groups is 1. The number of esters is 1. The summed E-state index contributed by atoms with van der Waals surface area (Å²) in [6.07, 6.45) is 1.70. The van der Waals surface area contributed by atoms with Gasteiger partial charge in [0.1, 0.15) is 24.2 Å². The van der Waals surface area contributed by atoms with E-state index >= 15 is 0 Å². The maximum Gasteiger partial charge on any atom is 0.338 e. The fourth-order valence-corrected chi connectivity index (χ4v) is 7.04. The molecule has 5 aromatic rings. The molecule has 0 spiro atoms. The highest BCUT2D eigenvalue weighted by atomic mass is 35.5. The van der Waals surface area contributed by atoms with Gasteiger partial charge < -0.3 is 18.6 Å². The Labute approximate surface area is 299 Å². The van der Waals surface area contributed by atoms with Gasteiger partial charge in [-0.25, -0.2) is 9.79 Å². The topological polar surface area (TPSA) is 135 Å². The van der Waals surface area contributed by atoms with E-state index in [0.29, 0.717) is 53.5 Å². The standard InChI is InChI=1S/C36H29Cl2N3O8S/c1-5-47-35(43)32-20(3)39-36-40(33(32)29-13-12-27(49-29)25-17-24(41(44)45)10-6-19(25)2)34(42)31(50-36)15-21-7-11-28(30(14-21)46-4)48-18-22-8-9-23(37)16-26(22)38/h6-17,33H,5,18H2,1-4H3/b31-15-/t33-/m1/s1. The summed E-state index contributed by atoms with van der Waals surface area (Å²) in [5.41, 5.74) is 2.67. The van der Waals surface area contributed by atoms with E-state index < -0.39 is 22.5 Å². The Morgan fingerprint density at radius 3 is 2.60 bits per heavy atom. The molecule has 0 fully saturated rings. The summed E-state index contributed by atoms with van der Waals surface area (Å²) in [7, 11) is 1.52. The molecule has 0 saturated carbocycles. The lowest BCUT2D eigenvalue weighted by atomic mass is 10.0. The zero-order chi connectivity index (χ0) is 35.7. The Kier molecular flexibility index (Phi) is 9.96. The molecule has 2 aromatic heterocycles. The Bertz CT molecular complexity index is 2380. The SMILES string of the molecule is CCOC(=O)C1=C(C)N=c2s/c(=C\c3ccc(OCc4ccc(Cl)cc4Cl)c(OC)c3)c(=O)n2[C@@H]1c1ccc(-c2cc([N+](=O)[O-])ccc2C)o1. The van der Waals surface area contributed by atoms with Gasteiger partial charge in [0, 0.05) is 33.3 Å². The van der Waals surface area contributed by atoms with E-state index in [0.717, 1.165) is 22.5 Å². The highest BCUT2D eigenvalue weighted by Crippen LogP contribution is 2.36. The van der Waals surface area contributed by atoms with Crippen LogP contribution in [0.25, 0.3) is 17.4 Å². The van der Waals surface area contributed by atoms with E-state index in [1.807, 2.05) is 0 Å². The lowest BCUT2D eigenvalue weighted by molar-refractivity contribution is -0.384. The summed E-state index contributed by atoms with van der Waals surface area (Å²) in [6, 6.07) is 17.2. The van der Waals surface area contributed by atoms with Crippen molar-refractivity contribution >= 4 is 52.3 Å². The van der Waals surface area contributed by atoms with Gasteiger partial charge in [-0.1, -0.05) is 52.7 Å². The van der Waals surface area contributed by atoms with Crippen LogP contribution in [0.2, 0.25) is 10.0 Å². The maximum atomic E-state index is 14.1. The van der Waals surface area contributed by atoms with Crippen molar-refractivity contribution in [3.05, 3.63) is 140 Å². The number of hydrogen-bond acceptors (Lipinski definition) is 10. The van der Waals surface area contributed by atoms with Crippen molar-refractivity contribution in [3.63, 3.8) is 0 Å². The molecule has 0 bridgehead atoms. The molecule has 6 rings (SSSR count). The first-order valence-corrected chi connectivity index (χ1v) is 16.9. The Morgan fingerprint density at radius 1 is 1.08 bits per heavy atom. The molecular weight excluding hydrogens is 705 g/mol. The van der Waals surface area contributed by atoms with E-state index in [1.165, 1.54) is 23.8 Å². The van der Waals surface area contributed by atoms with E-state index in [4.69, 9.17) is 41.8 Å². The minimum Gasteiger partial charge on any atom is -0.493 e. The normalized spacial score (nSPS) is 14.3. The molecule has 0 N–H and O–H groups in total. The van der Waals surface area contributed by atoms with E-state index in [9.17, 15) is 19.7 Å². The van der Waals surface area contributed by atoms with Crippen LogP contribution in [0.5, 0.6) is 11.5 Å². The van der Waals surface area contributed by atoms with Crippen molar-refractivity contribution in [1.82, 2.24) is 4.57 Å². The molecule has 0 radical (unpaired) electrons. The first kappa shape index (κ1) is 34.7. The first-order chi connectivity index (χ1) is 24.0. The van der Waals surface area contributed by atoms with E-state index in [2.05, 4.69) is 4.99 Å². The number of allylic oxidation sites excluding steroid dienone is 1. The molecule has 3 heterocycles. The number of nitro benzene ring substituents is 1. The highest BCUT2D eigenvalue weighted by molar-refractivity contribution is 7.07. The molecule has 1 aliphatic rings. The third kappa shape index (κ3) is 6.82. The second-order valence-corrected chi connectivity index (χ2v) is 13.0. The van der Waals surface area contributed by atoms with E-state index in [-0.39, 0.29) is 30.2 Å². The van der Waals surface area contributed by atoms with E-state index in [1.54, 1.807) is 81.4 Å². The van der Waals surface area contributed by atoms with Crippen LogP contribution in [0.4, 0.5) is 5.69 Å². The van der Waals surface area contributed by atoms with Crippen molar-refractivity contribution in [2.24, 2.45) is 4.99 Å². The maximum absolute atomic E-state index is 14.1. The summed E-state index contributed by atoms with van der Waals surface area (Å²) >= 11 is 13.5. The van der Waals surface area contributed by atoms with Gasteiger partial charge in [-0.2, -0.15) is 0 Å². The second-order valence-electron chi connectivity index (χ2n) is 11.2. The molecule has 0 saturated heterocycles. The Hall–Kier alpha value is -5.17. The predicted molar refractivity (Wildman–Crippen MR) is 190 cm³/mol. The number of methoxy groups -OCH3 is 1. The fraction of sp³-hybridized carbons (Fsp3) is 0.194. The second kappa shape index (κ2) is 14.4. The molecule has 0 unspecified atom stereocenters. The number of rotatable bonds is 10. The summed E-state index contributed by atoms with van der Waals surface area (Å²) in [5.74, 6) is 0.875. The van der Waals surface area contributed by atoms with Crippen LogP contribution in [0.1, 0.15) is 42.3 Å². The number of hydrogen-bond donors (Lipinski definition) is 0. The number of carbonyl (C=O) groups excluding carboxylic acids is 1. The van der Waals surface area contributed by atoms with Crippen molar-refractivity contribution < 1.29 is 28.3 Å². The number of furan rings is 1. The van der Waals surface area contributed by atoms with Crippen LogP contribution in [-0.2, 0) is 16.1 Å². The number of benzene rings is 3. The summed E-state index contributed by atoms with van der Waals surface area (Å²) < 4.78 is 25.0. The molecule has 50 heavy (non-hydrogen) atoms. The molecule has 1 aliphatic heterocycles. The Balaban J connectivity index is 1.40. The molecule has 14 heteroatoms. The van der Waals surface area contributed by atoms with Gasteiger partial charge in [0.25, 0.3) is 11.2 Å². The van der Waals surface area contributed by atoms with Crippen LogP contribution in [-0.4, -0.2) is 29.2 Å². The molecular formula is C36H29Cl2N3O8S. The van der Waals surface area contributed by atoms with Gasteiger partial charge in [-0.15, -0.1) is 0 Å². The number of ether oxygens (including phenoxy) is 3. The third-order valence-electron chi connectivity index (χ3n) is 7.99. The van der Waals surface area contributed by atoms with Gasteiger partial charge >= 0.3 is 5.97 Å². The average Bonchev–Trinajstić information content (AvgIpc) is 3.68. The van der Waals surface area contributed by atoms with Crippen molar-refractivity contribution in [3.8, 4) is 22.8 Å². The van der Waals surface area contributed by atoms with Crippen LogP contribution < -0.4 is 24.4 Å². The minimum atomic E-state index is -1.01. The molecule has 0 aliphatic carbocycles. The summed E-state index contributed by atoms with van der Waals surface area (Å²) in [6.45, 7) is 5.46. The summed E-state index contributed by atoms with van der Waals surface area (Å²) in [4.78, 5) is 43.4. The number of fused-ring (bicyclic) bond motifs is 1. The molecule has 256 valence electrons. The van der Waals surface area contributed by atoms with Gasteiger partial charge in [0.2, 0.25) is 0 Å². The molecule has 3 aromatic carbocycles. The predicted octanol–water partition coefficient (Wildman–Crippen LogP) is 7.17. The lowest BCUT2D eigenvalue weighted by Gasteiger charge is -2.22. The number of non-ortho nitro benzene ring substituents is 1. The average molecular weight is 735 g/mol. The molecule has 0 amide bonds. The smallest absolute Gasteiger partial charge is 0.338 e. The fourth-order valence-electron chi connectivity index (χ4n) is 5.53. The number of aromatic nitrogens is 1. The van der Waals surface area contributed by atoms with Gasteiger partial charge in [0.15, 0.2) is 16.3 Å². The van der Waals surface area contributed by atoms with Gasteiger partial charge in [-0.05, 0) is 74.4 Å². The zero-order valence-electron chi connectivity index (χ0n) is 27.2. The third-order valence-corrected chi connectivity index (χ3v) is 9.56. The number of aryl methyl sites for hydroxylation is 1. The summed E-state index contributed by atoms with van der Waals surface area (Å²) in [5, 5.41) is 12.5. The minimum absolute atomic E-state index is 0.0957. The molecule has 1 atom stereocenters. The number of halogens is 2.